The Labute approximate surface area is 142 Å². The van der Waals surface area contributed by atoms with Gasteiger partial charge in [0.1, 0.15) is 0 Å². The quantitative estimate of drug-likeness (QED) is 0.842. The molecule has 1 fully saturated rings. The van der Waals surface area contributed by atoms with Gasteiger partial charge in [-0.25, -0.2) is 0 Å². The van der Waals surface area contributed by atoms with Crippen molar-refractivity contribution in [1.82, 2.24) is 10.2 Å². The Balaban J connectivity index is 1.54. The molecule has 4 heteroatoms. The van der Waals surface area contributed by atoms with Gasteiger partial charge in [-0.05, 0) is 60.3 Å². The van der Waals surface area contributed by atoms with Crippen molar-refractivity contribution < 1.29 is 4.79 Å². The van der Waals surface area contributed by atoms with E-state index in [4.69, 9.17) is 0 Å². The highest BCUT2D eigenvalue weighted by Crippen LogP contribution is 2.24. The predicted molar refractivity (Wildman–Crippen MR) is 95.6 cm³/mol. The van der Waals surface area contributed by atoms with Crippen LogP contribution in [-0.4, -0.2) is 30.4 Å². The van der Waals surface area contributed by atoms with Crippen molar-refractivity contribution in [3.05, 3.63) is 58.3 Å². The van der Waals surface area contributed by atoms with Crippen LogP contribution in [0.5, 0.6) is 0 Å². The predicted octanol–water partition coefficient (Wildman–Crippen LogP) is 3.63. The van der Waals surface area contributed by atoms with Crippen LogP contribution in [0.25, 0.3) is 0 Å². The van der Waals surface area contributed by atoms with Crippen molar-refractivity contribution in [2.75, 3.05) is 19.6 Å². The summed E-state index contributed by atoms with van der Waals surface area (Å²) < 4.78 is 0. The first-order valence-electron chi connectivity index (χ1n) is 8.40. The third-order valence-electron chi connectivity index (χ3n) is 4.48. The minimum atomic E-state index is 0.149. The molecular weight excluding hydrogens is 304 g/mol. The second kappa shape index (κ2) is 8.27. The zero-order chi connectivity index (χ0) is 15.9. The van der Waals surface area contributed by atoms with Gasteiger partial charge in [0.05, 0.1) is 6.04 Å². The Morgan fingerprint density at radius 2 is 1.96 bits per heavy atom. The molecule has 2 aromatic rings. The normalized spacial score (nSPS) is 16.3. The lowest BCUT2D eigenvalue weighted by Crippen LogP contribution is -2.36. The van der Waals surface area contributed by atoms with Gasteiger partial charge in [-0.15, -0.1) is 0 Å². The zero-order valence-corrected chi connectivity index (χ0v) is 14.2. The van der Waals surface area contributed by atoms with Gasteiger partial charge in [0, 0.05) is 13.0 Å². The number of thiophene rings is 1. The van der Waals surface area contributed by atoms with E-state index in [1.54, 1.807) is 11.3 Å². The summed E-state index contributed by atoms with van der Waals surface area (Å²) in [5.74, 6) is 0.149. The zero-order valence-electron chi connectivity index (χ0n) is 13.4. The average molecular weight is 328 g/mol. The highest BCUT2D eigenvalue weighted by molar-refractivity contribution is 7.07. The molecule has 0 saturated carbocycles. The van der Waals surface area contributed by atoms with Crippen LogP contribution in [0, 0.1) is 0 Å². The molecule has 1 aliphatic rings. The van der Waals surface area contributed by atoms with Gasteiger partial charge in [0.2, 0.25) is 5.91 Å². The van der Waals surface area contributed by atoms with E-state index in [9.17, 15) is 4.79 Å². The highest BCUT2D eigenvalue weighted by Gasteiger charge is 2.23. The van der Waals surface area contributed by atoms with E-state index in [1.165, 1.54) is 24.0 Å². The number of nitrogens with zero attached hydrogens (tertiary/aromatic N) is 1. The summed E-state index contributed by atoms with van der Waals surface area (Å²) in [6.07, 6.45) is 3.91. The van der Waals surface area contributed by atoms with Crippen LogP contribution in [0.1, 0.15) is 36.4 Å². The SMILES string of the molecule is O=C(CCc1ccsc1)NCC(c1ccccc1)N1CCCC1. The molecule has 1 N–H and O–H groups in total. The van der Waals surface area contributed by atoms with Crippen molar-refractivity contribution in [3.63, 3.8) is 0 Å². The fourth-order valence-corrected chi connectivity index (χ4v) is 3.88. The number of carbonyl (C=O) groups excluding carboxylic acids is 1. The molecule has 3 nitrogen and oxygen atoms in total. The number of benzene rings is 1. The minimum Gasteiger partial charge on any atom is -0.354 e. The molecule has 1 amide bonds. The van der Waals surface area contributed by atoms with E-state index in [2.05, 4.69) is 51.3 Å². The summed E-state index contributed by atoms with van der Waals surface area (Å²) in [4.78, 5) is 14.7. The van der Waals surface area contributed by atoms with Gasteiger partial charge >= 0.3 is 0 Å². The van der Waals surface area contributed by atoms with Gasteiger partial charge < -0.3 is 5.32 Å². The lowest BCUT2D eigenvalue weighted by atomic mass is 10.1. The molecule has 1 aromatic carbocycles. The molecule has 1 aromatic heterocycles. The van der Waals surface area contributed by atoms with Crippen molar-refractivity contribution in [1.29, 1.82) is 0 Å². The topological polar surface area (TPSA) is 32.3 Å². The number of nitrogens with one attached hydrogen (secondary N) is 1. The Morgan fingerprint density at radius 3 is 2.65 bits per heavy atom. The number of carbonyl (C=O) groups is 1. The fourth-order valence-electron chi connectivity index (χ4n) is 3.18. The van der Waals surface area contributed by atoms with Crippen molar-refractivity contribution in [2.24, 2.45) is 0 Å². The van der Waals surface area contributed by atoms with Crippen molar-refractivity contribution in [3.8, 4) is 0 Å². The van der Waals surface area contributed by atoms with E-state index in [-0.39, 0.29) is 5.91 Å². The molecule has 0 aliphatic carbocycles. The molecule has 1 saturated heterocycles. The number of aryl methyl sites for hydroxylation is 1. The monoisotopic (exact) mass is 328 g/mol. The van der Waals surface area contributed by atoms with Gasteiger partial charge in [-0.1, -0.05) is 30.3 Å². The first-order valence-corrected chi connectivity index (χ1v) is 9.34. The van der Waals surface area contributed by atoms with Crippen LogP contribution in [0.15, 0.2) is 47.2 Å². The Hall–Kier alpha value is -1.65. The highest BCUT2D eigenvalue weighted by atomic mass is 32.1. The molecular formula is C19H24N2OS. The van der Waals surface area contributed by atoms with Crippen LogP contribution in [-0.2, 0) is 11.2 Å². The van der Waals surface area contributed by atoms with Crippen LogP contribution in [0.4, 0.5) is 0 Å². The number of likely N-dealkylation sites (tertiary alicyclic amines) is 1. The molecule has 2 heterocycles. The van der Waals surface area contributed by atoms with Gasteiger partial charge in [-0.3, -0.25) is 9.69 Å². The summed E-state index contributed by atoms with van der Waals surface area (Å²) in [6, 6.07) is 12.9. The van der Waals surface area contributed by atoms with Gasteiger partial charge in [0.25, 0.3) is 0 Å². The summed E-state index contributed by atoms with van der Waals surface area (Å²) in [5.41, 5.74) is 2.55. The molecule has 0 spiro atoms. The second-order valence-corrected chi connectivity index (χ2v) is 6.89. The maximum absolute atomic E-state index is 12.2. The number of hydrogen-bond donors (Lipinski definition) is 1. The number of amides is 1. The molecule has 23 heavy (non-hydrogen) atoms. The molecule has 1 atom stereocenters. The minimum absolute atomic E-state index is 0.149. The Bertz CT molecular complexity index is 591. The third-order valence-corrected chi connectivity index (χ3v) is 5.21. The molecule has 1 unspecified atom stereocenters. The van der Waals surface area contributed by atoms with Gasteiger partial charge in [-0.2, -0.15) is 11.3 Å². The van der Waals surface area contributed by atoms with Crippen LogP contribution < -0.4 is 5.32 Å². The average Bonchev–Trinajstić information content (AvgIpc) is 3.28. The summed E-state index contributed by atoms with van der Waals surface area (Å²) in [5, 5.41) is 7.32. The Kier molecular flexibility index (Phi) is 5.83. The van der Waals surface area contributed by atoms with E-state index < -0.39 is 0 Å². The largest absolute Gasteiger partial charge is 0.354 e. The standard InChI is InChI=1S/C19H24N2OS/c22-19(9-8-16-10-13-23-15-16)20-14-18(21-11-4-5-12-21)17-6-2-1-3-7-17/h1-3,6-7,10,13,15,18H,4-5,8-9,11-12,14H2,(H,20,22). The summed E-state index contributed by atoms with van der Waals surface area (Å²) in [7, 11) is 0. The van der Waals surface area contributed by atoms with Crippen LogP contribution >= 0.6 is 11.3 Å². The maximum atomic E-state index is 12.2. The van der Waals surface area contributed by atoms with Crippen molar-refractivity contribution >= 4 is 17.2 Å². The van der Waals surface area contributed by atoms with Crippen molar-refractivity contribution in [2.45, 2.75) is 31.7 Å². The summed E-state index contributed by atoms with van der Waals surface area (Å²) in [6.45, 7) is 2.96. The smallest absolute Gasteiger partial charge is 0.220 e. The number of rotatable bonds is 7. The molecule has 3 rings (SSSR count). The van der Waals surface area contributed by atoms with Crippen LogP contribution in [0.3, 0.4) is 0 Å². The fraction of sp³-hybridized carbons (Fsp3) is 0.421. The van der Waals surface area contributed by atoms with Crippen LogP contribution in [0.2, 0.25) is 0 Å². The lowest BCUT2D eigenvalue weighted by Gasteiger charge is -2.28. The molecule has 0 radical (unpaired) electrons. The molecule has 122 valence electrons. The number of hydrogen-bond acceptors (Lipinski definition) is 3. The maximum Gasteiger partial charge on any atom is 0.220 e. The molecule has 0 bridgehead atoms. The summed E-state index contributed by atoms with van der Waals surface area (Å²) >= 11 is 1.69. The van der Waals surface area contributed by atoms with E-state index in [0.717, 1.165) is 19.5 Å². The van der Waals surface area contributed by atoms with Gasteiger partial charge in [0.15, 0.2) is 0 Å². The van der Waals surface area contributed by atoms with E-state index >= 15 is 0 Å². The van der Waals surface area contributed by atoms with E-state index in [0.29, 0.717) is 19.0 Å². The molecule has 1 aliphatic heterocycles. The first-order chi connectivity index (χ1) is 11.3. The third kappa shape index (κ3) is 4.66. The lowest BCUT2D eigenvalue weighted by molar-refractivity contribution is -0.121. The van der Waals surface area contributed by atoms with E-state index in [1.807, 2.05) is 6.07 Å². The first kappa shape index (κ1) is 16.2. The second-order valence-electron chi connectivity index (χ2n) is 6.11. The Morgan fingerprint density at radius 1 is 1.17 bits per heavy atom.